The van der Waals surface area contributed by atoms with Crippen LogP contribution in [0.15, 0.2) is 22.7 Å². The van der Waals surface area contributed by atoms with Crippen LogP contribution in [0.2, 0.25) is 0 Å². The van der Waals surface area contributed by atoms with Crippen LogP contribution < -0.4 is 5.32 Å². The Morgan fingerprint density at radius 1 is 1.30 bits per heavy atom. The largest absolute Gasteiger partial charge is 0.460 e. The Balaban J connectivity index is 1.71. The molecule has 0 saturated heterocycles. The smallest absolute Gasteiger partial charge is 0.152 e. The molecule has 4 heteroatoms. The molecule has 1 fully saturated rings. The van der Waals surface area contributed by atoms with Crippen LogP contribution in [-0.2, 0) is 6.54 Å². The number of furan rings is 1. The highest BCUT2D eigenvalue weighted by Gasteiger charge is 2.26. The van der Waals surface area contributed by atoms with Crippen LogP contribution in [0.1, 0.15) is 50.4 Å². The number of hydrogen-bond acceptors (Lipinski definition) is 3. The number of hydrogen-bond donors (Lipinski definition) is 2. The number of rotatable bonds is 4. The molecular weight excluding hydrogens is 250 g/mol. The summed E-state index contributed by atoms with van der Waals surface area (Å²) in [5.41, 5.74) is 2.43. The molecular formula is C16H23N3O. The fourth-order valence-corrected chi connectivity index (χ4v) is 3.04. The lowest BCUT2D eigenvalue weighted by Gasteiger charge is -2.34. The van der Waals surface area contributed by atoms with Crippen LogP contribution in [0.5, 0.6) is 0 Å². The summed E-state index contributed by atoms with van der Waals surface area (Å²) in [5, 5.41) is 10.9. The molecule has 0 bridgehead atoms. The summed E-state index contributed by atoms with van der Waals surface area (Å²) >= 11 is 0. The molecule has 2 aromatic rings. The number of aromatic nitrogens is 2. The molecule has 108 valence electrons. The van der Waals surface area contributed by atoms with E-state index in [1.165, 1.54) is 37.7 Å². The van der Waals surface area contributed by atoms with Gasteiger partial charge in [0.2, 0.25) is 0 Å². The fraction of sp³-hybridized carbons (Fsp3) is 0.562. The van der Waals surface area contributed by atoms with Gasteiger partial charge < -0.3 is 9.73 Å². The monoisotopic (exact) mass is 273 g/mol. The van der Waals surface area contributed by atoms with Gasteiger partial charge in [-0.1, -0.05) is 19.3 Å². The molecule has 20 heavy (non-hydrogen) atoms. The van der Waals surface area contributed by atoms with E-state index in [0.717, 1.165) is 23.8 Å². The van der Waals surface area contributed by atoms with Gasteiger partial charge in [0.25, 0.3) is 0 Å². The summed E-state index contributed by atoms with van der Waals surface area (Å²) in [7, 11) is 0. The van der Waals surface area contributed by atoms with Crippen LogP contribution in [-0.4, -0.2) is 15.7 Å². The molecule has 0 atom stereocenters. The number of nitrogens with zero attached hydrogens (tertiary/aromatic N) is 1. The van der Waals surface area contributed by atoms with Crippen molar-refractivity contribution in [3.05, 3.63) is 29.7 Å². The first kappa shape index (κ1) is 13.4. The molecule has 3 rings (SSSR count). The van der Waals surface area contributed by atoms with Gasteiger partial charge in [-0.05, 0) is 38.8 Å². The second-order valence-corrected chi connectivity index (χ2v) is 6.16. The molecule has 0 radical (unpaired) electrons. The standard InChI is InChI=1S/C16H23N3O/c1-12-6-7-14(20-12)15-13(11-18-19-15)10-17-16(2)8-4-3-5-9-16/h6-7,11,17H,3-5,8-10H2,1-2H3,(H,18,19). The number of H-pyrrole nitrogens is 1. The zero-order valence-electron chi connectivity index (χ0n) is 12.3. The van der Waals surface area contributed by atoms with Gasteiger partial charge in [-0.25, -0.2) is 0 Å². The van der Waals surface area contributed by atoms with E-state index in [0.29, 0.717) is 0 Å². The van der Waals surface area contributed by atoms with Gasteiger partial charge in [0.15, 0.2) is 5.76 Å². The zero-order valence-corrected chi connectivity index (χ0v) is 12.3. The van der Waals surface area contributed by atoms with E-state index >= 15 is 0 Å². The van der Waals surface area contributed by atoms with E-state index in [2.05, 4.69) is 22.4 Å². The van der Waals surface area contributed by atoms with Gasteiger partial charge in [0.05, 0.1) is 6.20 Å². The molecule has 0 aliphatic heterocycles. The Labute approximate surface area is 120 Å². The van der Waals surface area contributed by atoms with E-state index in [4.69, 9.17) is 4.42 Å². The van der Waals surface area contributed by atoms with Crippen molar-refractivity contribution in [1.29, 1.82) is 0 Å². The van der Waals surface area contributed by atoms with Crippen molar-refractivity contribution in [3.63, 3.8) is 0 Å². The summed E-state index contributed by atoms with van der Waals surface area (Å²) in [6.45, 7) is 5.13. The SMILES string of the molecule is Cc1ccc(-c2[nH]ncc2CNC2(C)CCCCC2)o1. The first-order valence-corrected chi connectivity index (χ1v) is 7.50. The molecule has 2 N–H and O–H groups in total. The lowest BCUT2D eigenvalue weighted by atomic mass is 9.83. The van der Waals surface area contributed by atoms with E-state index in [1.807, 2.05) is 25.3 Å². The highest BCUT2D eigenvalue weighted by molar-refractivity contribution is 5.56. The van der Waals surface area contributed by atoms with Crippen LogP contribution in [0, 0.1) is 6.92 Å². The second kappa shape index (κ2) is 5.44. The zero-order chi connectivity index (χ0) is 14.0. The van der Waals surface area contributed by atoms with Crippen molar-refractivity contribution >= 4 is 0 Å². The maximum absolute atomic E-state index is 5.69. The minimum absolute atomic E-state index is 0.270. The maximum Gasteiger partial charge on any atom is 0.152 e. The Morgan fingerprint density at radius 2 is 2.10 bits per heavy atom. The third-order valence-electron chi connectivity index (χ3n) is 4.37. The fourth-order valence-electron chi connectivity index (χ4n) is 3.04. The predicted molar refractivity (Wildman–Crippen MR) is 79.4 cm³/mol. The first-order valence-electron chi connectivity index (χ1n) is 7.50. The molecule has 1 aliphatic carbocycles. The maximum atomic E-state index is 5.69. The normalized spacial score (nSPS) is 18.3. The van der Waals surface area contributed by atoms with Gasteiger partial charge >= 0.3 is 0 Å². The van der Waals surface area contributed by atoms with Crippen LogP contribution in [0.3, 0.4) is 0 Å². The van der Waals surface area contributed by atoms with Crippen molar-refractivity contribution in [2.45, 2.75) is 58.0 Å². The lowest BCUT2D eigenvalue weighted by Crippen LogP contribution is -2.43. The third-order valence-corrected chi connectivity index (χ3v) is 4.37. The molecule has 1 saturated carbocycles. The van der Waals surface area contributed by atoms with Crippen LogP contribution in [0.4, 0.5) is 0 Å². The Bertz CT molecular complexity index is 564. The summed E-state index contributed by atoms with van der Waals surface area (Å²) in [5.74, 6) is 1.79. The Kier molecular flexibility index (Phi) is 3.66. The second-order valence-electron chi connectivity index (χ2n) is 6.16. The van der Waals surface area contributed by atoms with E-state index < -0.39 is 0 Å². The predicted octanol–water partition coefficient (Wildman–Crippen LogP) is 3.79. The minimum atomic E-state index is 0.270. The lowest BCUT2D eigenvalue weighted by molar-refractivity contribution is 0.252. The summed E-state index contributed by atoms with van der Waals surface area (Å²) in [4.78, 5) is 0. The van der Waals surface area contributed by atoms with Crippen molar-refractivity contribution in [3.8, 4) is 11.5 Å². The molecule has 2 aromatic heterocycles. The van der Waals surface area contributed by atoms with Crippen molar-refractivity contribution in [2.24, 2.45) is 0 Å². The topological polar surface area (TPSA) is 53.9 Å². The Hall–Kier alpha value is -1.55. The van der Waals surface area contributed by atoms with Crippen molar-refractivity contribution < 1.29 is 4.42 Å². The van der Waals surface area contributed by atoms with Gasteiger partial charge in [0, 0.05) is 17.6 Å². The van der Waals surface area contributed by atoms with Gasteiger partial charge in [-0.3, -0.25) is 5.10 Å². The van der Waals surface area contributed by atoms with Gasteiger partial charge in [-0.15, -0.1) is 0 Å². The van der Waals surface area contributed by atoms with Gasteiger partial charge in [-0.2, -0.15) is 5.10 Å². The molecule has 1 aliphatic rings. The number of aryl methyl sites for hydroxylation is 1. The van der Waals surface area contributed by atoms with E-state index in [1.54, 1.807) is 0 Å². The summed E-state index contributed by atoms with van der Waals surface area (Å²) < 4.78 is 5.69. The molecule has 0 unspecified atom stereocenters. The van der Waals surface area contributed by atoms with Crippen LogP contribution >= 0.6 is 0 Å². The summed E-state index contributed by atoms with van der Waals surface area (Å²) in [6, 6.07) is 3.98. The molecule has 2 heterocycles. The highest BCUT2D eigenvalue weighted by atomic mass is 16.3. The highest BCUT2D eigenvalue weighted by Crippen LogP contribution is 2.29. The number of aromatic amines is 1. The number of nitrogens with one attached hydrogen (secondary N) is 2. The quantitative estimate of drug-likeness (QED) is 0.891. The molecule has 0 aromatic carbocycles. The van der Waals surface area contributed by atoms with E-state index in [9.17, 15) is 0 Å². The van der Waals surface area contributed by atoms with Crippen molar-refractivity contribution in [2.75, 3.05) is 0 Å². The first-order chi connectivity index (χ1) is 9.66. The molecule has 0 spiro atoms. The Morgan fingerprint density at radius 3 is 2.80 bits per heavy atom. The average molecular weight is 273 g/mol. The average Bonchev–Trinajstić information content (AvgIpc) is 3.05. The van der Waals surface area contributed by atoms with Gasteiger partial charge in [0.1, 0.15) is 11.5 Å². The van der Waals surface area contributed by atoms with Crippen LogP contribution in [0.25, 0.3) is 11.5 Å². The molecule has 4 nitrogen and oxygen atoms in total. The molecule has 0 amide bonds. The third kappa shape index (κ3) is 2.80. The minimum Gasteiger partial charge on any atom is -0.460 e. The van der Waals surface area contributed by atoms with E-state index in [-0.39, 0.29) is 5.54 Å². The summed E-state index contributed by atoms with van der Waals surface area (Å²) in [6.07, 6.45) is 8.46. The van der Waals surface area contributed by atoms with Crippen molar-refractivity contribution in [1.82, 2.24) is 15.5 Å².